The zero-order chi connectivity index (χ0) is 23.0. The number of aryl methyl sites for hydroxylation is 2. The van der Waals surface area contributed by atoms with Crippen LogP contribution in [0, 0.1) is 13.8 Å². The molecule has 0 aliphatic heterocycles. The lowest BCUT2D eigenvalue weighted by molar-refractivity contribution is -0.137. The van der Waals surface area contributed by atoms with Gasteiger partial charge in [-0.3, -0.25) is 4.90 Å². The van der Waals surface area contributed by atoms with Gasteiger partial charge >= 0.3 is 6.18 Å². The van der Waals surface area contributed by atoms with E-state index in [1.807, 2.05) is 34.6 Å². The smallest absolute Gasteiger partial charge is 0.416 e. The average Bonchev–Trinajstić information content (AvgIpc) is 3.06. The maximum atomic E-state index is 12.9. The fourth-order valence-corrected chi connectivity index (χ4v) is 3.30. The number of aromatic nitrogens is 1. The van der Waals surface area contributed by atoms with Gasteiger partial charge in [-0.15, -0.1) is 24.0 Å². The molecule has 6 nitrogen and oxygen atoms in total. The zero-order valence-corrected chi connectivity index (χ0v) is 21.5. The van der Waals surface area contributed by atoms with Gasteiger partial charge in [-0.2, -0.15) is 13.2 Å². The van der Waals surface area contributed by atoms with E-state index >= 15 is 0 Å². The van der Waals surface area contributed by atoms with Gasteiger partial charge in [-0.1, -0.05) is 26.0 Å². The lowest BCUT2D eigenvalue weighted by Gasteiger charge is -2.31. The Bertz CT molecular complexity index is 829. The van der Waals surface area contributed by atoms with Gasteiger partial charge in [0.2, 0.25) is 5.89 Å². The highest BCUT2D eigenvalue weighted by Crippen LogP contribution is 2.30. The predicted molar refractivity (Wildman–Crippen MR) is 131 cm³/mol. The summed E-state index contributed by atoms with van der Waals surface area (Å²) in [6, 6.07) is 5.27. The number of nitrogens with zero attached hydrogens (tertiary/aromatic N) is 3. The van der Waals surface area contributed by atoms with Crippen LogP contribution in [0.4, 0.5) is 13.2 Å². The summed E-state index contributed by atoms with van der Waals surface area (Å²) in [6.45, 7) is 12.8. The molecule has 180 valence electrons. The van der Waals surface area contributed by atoms with Gasteiger partial charge < -0.3 is 15.1 Å². The SMILES string of the molecule is CCNC(=NCc1nc(C)c(C)o1)NCC(c1ccc(C(F)(F)F)cc1)N(CC)CC.I. The first-order valence-electron chi connectivity index (χ1n) is 10.6. The van der Waals surface area contributed by atoms with Crippen molar-refractivity contribution in [2.24, 2.45) is 4.99 Å². The van der Waals surface area contributed by atoms with E-state index in [1.165, 1.54) is 0 Å². The third kappa shape index (κ3) is 7.95. The number of guanidine groups is 1. The van der Waals surface area contributed by atoms with Crippen molar-refractivity contribution in [2.45, 2.75) is 53.4 Å². The number of hydrogen-bond donors (Lipinski definition) is 2. The number of likely N-dealkylation sites (N-methyl/N-ethyl adjacent to an activating group) is 1. The number of nitrogens with one attached hydrogen (secondary N) is 2. The lowest BCUT2D eigenvalue weighted by Crippen LogP contribution is -2.43. The summed E-state index contributed by atoms with van der Waals surface area (Å²) < 4.78 is 44.4. The van der Waals surface area contributed by atoms with Crippen LogP contribution in [-0.2, 0) is 12.7 Å². The second-order valence-electron chi connectivity index (χ2n) is 7.18. The molecular weight excluding hydrogens is 534 g/mol. The van der Waals surface area contributed by atoms with Crippen LogP contribution < -0.4 is 10.6 Å². The van der Waals surface area contributed by atoms with Crippen molar-refractivity contribution in [1.29, 1.82) is 0 Å². The number of oxazole rings is 1. The van der Waals surface area contributed by atoms with Crippen molar-refractivity contribution in [3.63, 3.8) is 0 Å². The second-order valence-corrected chi connectivity index (χ2v) is 7.18. The Morgan fingerprint density at radius 3 is 2.19 bits per heavy atom. The molecule has 2 aromatic rings. The van der Waals surface area contributed by atoms with Gasteiger partial charge in [-0.25, -0.2) is 9.98 Å². The van der Waals surface area contributed by atoms with Crippen molar-refractivity contribution in [3.8, 4) is 0 Å². The van der Waals surface area contributed by atoms with Gasteiger partial charge in [0.15, 0.2) is 5.96 Å². The third-order valence-corrected chi connectivity index (χ3v) is 5.13. The van der Waals surface area contributed by atoms with Crippen LogP contribution >= 0.6 is 24.0 Å². The van der Waals surface area contributed by atoms with Crippen molar-refractivity contribution in [1.82, 2.24) is 20.5 Å². The molecule has 1 atom stereocenters. The van der Waals surface area contributed by atoms with Crippen LogP contribution in [0.25, 0.3) is 0 Å². The first kappa shape index (κ1) is 28.2. The Balaban J connectivity index is 0.00000512. The highest BCUT2D eigenvalue weighted by Gasteiger charge is 2.30. The highest BCUT2D eigenvalue weighted by atomic mass is 127. The fraction of sp³-hybridized carbons (Fsp3) is 0.545. The molecule has 2 rings (SSSR count). The molecule has 0 fully saturated rings. The molecule has 1 heterocycles. The fourth-order valence-electron chi connectivity index (χ4n) is 3.30. The zero-order valence-electron chi connectivity index (χ0n) is 19.2. The van der Waals surface area contributed by atoms with E-state index in [0.29, 0.717) is 31.5 Å². The van der Waals surface area contributed by atoms with E-state index in [1.54, 1.807) is 12.1 Å². The predicted octanol–water partition coefficient (Wildman–Crippen LogP) is 5.07. The number of benzene rings is 1. The van der Waals surface area contributed by atoms with Gasteiger partial charge in [0.25, 0.3) is 0 Å². The van der Waals surface area contributed by atoms with Gasteiger partial charge in [-0.05, 0) is 51.6 Å². The molecule has 32 heavy (non-hydrogen) atoms. The number of hydrogen-bond acceptors (Lipinski definition) is 4. The van der Waals surface area contributed by atoms with E-state index in [9.17, 15) is 13.2 Å². The van der Waals surface area contributed by atoms with E-state index < -0.39 is 11.7 Å². The number of alkyl halides is 3. The molecule has 0 aliphatic rings. The lowest BCUT2D eigenvalue weighted by atomic mass is 10.0. The number of aliphatic imine (C=N–C) groups is 1. The van der Waals surface area contributed by atoms with Gasteiger partial charge in [0.1, 0.15) is 12.3 Å². The maximum Gasteiger partial charge on any atom is 0.416 e. The Kier molecular flexibility index (Phi) is 11.5. The van der Waals surface area contributed by atoms with Crippen LogP contribution in [0.3, 0.4) is 0 Å². The standard InChI is InChI=1S/C22H32F3N5O.HI/c1-6-26-21(28-14-20-29-15(4)16(5)31-20)27-13-19(30(7-2)8-3)17-9-11-18(12-10-17)22(23,24)25;/h9-12,19H,6-8,13-14H2,1-5H3,(H2,26,27,28);1H. The molecular formula is C22H33F3IN5O. The summed E-state index contributed by atoms with van der Waals surface area (Å²) in [6.07, 6.45) is -4.34. The summed E-state index contributed by atoms with van der Waals surface area (Å²) in [7, 11) is 0. The number of rotatable bonds is 9. The Hall–Kier alpha value is -1.82. The second kappa shape index (κ2) is 13.0. The molecule has 0 radical (unpaired) electrons. The molecule has 1 unspecified atom stereocenters. The Morgan fingerprint density at radius 1 is 1.09 bits per heavy atom. The molecule has 10 heteroatoms. The minimum absolute atomic E-state index is 0. The van der Waals surface area contributed by atoms with Crippen molar-refractivity contribution in [3.05, 3.63) is 52.7 Å². The Morgan fingerprint density at radius 2 is 1.72 bits per heavy atom. The summed E-state index contributed by atoms with van der Waals surface area (Å²) in [4.78, 5) is 11.1. The maximum absolute atomic E-state index is 12.9. The van der Waals surface area contributed by atoms with Crippen LogP contribution in [0.5, 0.6) is 0 Å². The quantitative estimate of drug-likeness (QED) is 0.252. The van der Waals surface area contributed by atoms with E-state index in [2.05, 4.69) is 25.5 Å². The molecule has 0 spiro atoms. The molecule has 0 saturated carbocycles. The van der Waals surface area contributed by atoms with E-state index in [0.717, 1.165) is 42.2 Å². The average molecular weight is 567 g/mol. The third-order valence-electron chi connectivity index (χ3n) is 5.13. The van der Waals surface area contributed by atoms with Gasteiger partial charge in [0.05, 0.1) is 17.3 Å². The summed E-state index contributed by atoms with van der Waals surface area (Å²) >= 11 is 0. The first-order valence-corrected chi connectivity index (χ1v) is 10.6. The summed E-state index contributed by atoms with van der Waals surface area (Å²) in [5.74, 6) is 1.90. The molecule has 1 aromatic carbocycles. The highest BCUT2D eigenvalue weighted by molar-refractivity contribution is 14.0. The van der Waals surface area contributed by atoms with E-state index in [-0.39, 0.29) is 30.0 Å². The van der Waals surface area contributed by atoms with Crippen LogP contribution in [0.15, 0.2) is 33.7 Å². The minimum Gasteiger partial charge on any atom is -0.444 e. The van der Waals surface area contributed by atoms with Crippen LogP contribution in [-0.4, -0.2) is 42.0 Å². The summed E-state index contributed by atoms with van der Waals surface area (Å²) in [5.41, 5.74) is 1.01. The topological polar surface area (TPSA) is 65.7 Å². The van der Waals surface area contributed by atoms with Crippen molar-refractivity contribution < 1.29 is 17.6 Å². The van der Waals surface area contributed by atoms with Crippen molar-refractivity contribution >= 4 is 29.9 Å². The molecule has 0 aliphatic carbocycles. The minimum atomic E-state index is -4.34. The normalized spacial score (nSPS) is 13.1. The molecule has 1 aromatic heterocycles. The molecule has 0 bridgehead atoms. The number of halogens is 4. The van der Waals surface area contributed by atoms with Crippen molar-refractivity contribution in [2.75, 3.05) is 26.2 Å². The molecule has 0 saturated heterocycles. The van der Waals surface area contributed by atoms with Crippen LogP contribution in [0.1, 0.15) is 55.3 Å². The first-order chi connectivity index (χ1) is 14.7. The van der Waals surface area contributed by atoms with Crippen LogP contribution in [0.2, 0.25) is 0 Å². The Labute approximate surface area is 205 Å². The van der Waals surface area contributed by atoms with Gasteiger partial charge in [0, 0.05) is 13.1 Å². The molecule has 0 amide bonds. The summed E-state index contributed by atoms with van der Waals surface area (Å²) in [5, 5.41) is 6.50. The monoisotopic (exact) mass is 567 g/mol. The molecule has 2 N–H and O–H groups in total. The largest absolute Gasteiger partial charge is 0.444 e. The van der Waals surface area contributed by atoms with E-state index in [4.69, 9.17) is 4.42 Å².